The van der Waals surface area contributed by atoms with Gasteiger partial charge in [-0.25, -0.2) is 0 Å². The maximum absolute atomic E-state index is 11.4. The third-order valence-electron chi connectivity index (χ3n) is 1.97. The number of nitrogens with zero attached hydrogens (tertiary/aromatic N) is 1. The van der Waals surface area contributed by atoms with Crippen molar-refractivity contribution in [3.05, 3.63) is 10.1 Å². The highest BCUT2D eigenvalue weighted by molar-refractivity contribution is 7.80. The van der Waals surface area contributed by atoms with Crippen molar-refractivity contribution < 1.29 is 24.3 Å². The van der Waals surface area contributed by atoms with Crippen molar-refractivity contribution in [1.82, 2.24) is 10.6 Å². The number of nitrogens with one attached hydrogen (secondary N) is 2. The highest BCUT2D eigenvalue weighted by atomic mass is 32.1. The molecule has 9 nitrogen and oxygen atoms in total. The SMILES string of the molecule is CCOC(=O)CC(NC(C)=O)C(=S)NCCO[N+](=O)[O-]. The van der Waals surface area contributed by atoms with Gasteiger partial charge in [0.15, 0.2) is 0 Å². The first-order chi connectivity index (χ1) is 9.36. The smallest absolute Gasteiger partial charge is 0.308 e. The molecule has 0 aromatic rings. The molecule has 0 rings (SSSR count). The minimum Gasteiger partial charge on any atom is -0.466 e. The molecule has 1 atom stereocenters. The van der Waals surface area contributed by atoms with Crippen molar-refractivity contribution in [2.45, 2.75) is 26.3 Å². The van der Waals surface area contributed by atoms with Gasteiger partial charge >= 0.3 is 5.97 Å². The van der Waals surface area contributed by atoms with Crippen LogP contribution in [0, 0.1) is 10.1 Å². The van der Waals surface area contributed by atoms with Crippen molar-refractivity contribution in [3.63, 3.8) is 0 Å². The van der Waals surface area contributed by atoms with Crippen molar-refractivity contribution in [3.8, 4) is 0 Å². The summed E-state index contributed by atoms with van der Waals surface area (Å²) in [6, 6.07) is -0.725. The van der Waals surface area contributed by atoms with E-state index in [1.165, 1.54) is 6.92 Å². The molecule has 20 heavy (non-hydrogen) atoms. The summed E-state index contributed by atoms with van der Waals surface area (Å²) in [4.78, 5) is 36.7. The summed E-state index contributed by atoms with van der Waals surface area (Å²) < 4.78 is 4.77. The fraction of sp³-hybridized carbons (Fsp3) is 0.700. The summed E-state index contributed by atoms with van der Waals surface area (Å²) >= 11 is 5.02. The Labute approximate surface area is 121 Å². The first-order valence-corrected chi connectivity index (χ1v) is 6.25. The molecule has 0 radical (unpaired) electrons. The second-order valence-corrected chi connectivity index (χ2v) is 4.05. The highest BCUT2D eigenvalue weighted by Gasteiger charge is 2.20. The molecular formula is C10H17N3O6S. The molecule has 0 aliphatic rings. The minimum atomic E-state index is -0.922. The number of hydrogen-bond donors (Lipinski definition) is 2. The molecule has 10 heteroatoms. The summed E-state index contributed by atoms with van der Waals surface area (Å²) in [6.45, 7) is 3.06. The van der Waals surface area contributed by atoms with Crippen LogP contribution in [0.4, 0.5) is 0 Å². The summed E-state index contributed by atoms with van der Waals surface area (Å²) in [5, 5.41) is 14.2. The Hall–Kier alpha value is -1.97. The quantitative estimate of drug-likeness (QED) is 0.193. The molecule has 114 valence electrons. The molecule has 0 saturated carbocycles. The molecule has 0 aliphatic heterocycles. The maximum Gasteiger partial charge on any atom is 0.308 e. The average Bonchev–Trinajstić information content (AvgIpc) is 2.33. The van der Waals surface area contributed by atoms with Gasteiger partial charge in [0, 0.05) is 13.5 Å². The van der Waals surface area contributed by atoms with E-state index in [2.05, 4.69) is 15.5 Å². The van der Waals surface area contributed by atoms with Crippen molar-refractivity contribution in [1.29, 1.82) is 0 Å². The molecule has 0 heterocycles. The molecular weight excluding hydrogens is 290 g/mol. The lowest BCUT2D eigenvalue weighted by atomic mass is 10.2. The third-order valence-corrected chi connectivity index (χ3v) is 2.40. The first-order valence-electron chi connectivity index (χ1n) is 5.84. The van der Waals surface area contributed by atoms with Crippen LogP contribution in [0.1, 0.15) is 20.3 Å². The van der Waals surface area contributed by atoms with E-state index >= 15 is 0 Å². The van der Waals surface area contributed by atoms with Gasteiger partial charge in [0.05, 0.1) is 24.1 Å². The Kier molecular flexibility index (Phi) is 8.92. The molecule has 0 spiro atoms. The number of ether oxygens (including phenoxy) is 1. The Morgan fingerprint density at radius 2 is 2.10 bits per heavy atom. The molecule has 0 fully saturated rings. The number of carbonyl (C=O) groups is 2. The van der Waals surface area contributed by atoms with E-state index in [1.54, 1.807) is 6.92 Å². The van der Waals surface area contributed by atoms with Crippen LogP contribution in [0.3, 0.4) is 0 Å². The highest BCUT2D eigenvalue weighted by Crippen LogP contribution is 1.98. The van der Waals surface area contributed by atoms with Crippen LogP contribution in [0.25, 0.3) is 0 Å². The zero-order chi connectivity index (χ0) is 15.5. The Balaban J connectivity index is 4.30. The topological polar surface area (TPSA) is 120 Å². The number of amides is 1. The largest absolute Gasteiger partial charge is 0.466 e. The molecule has 1 amide bonds. The molecule has 0 saturated heterocycles. The summed E-state index contributed by atoms with van der Waals surface area (Å²) in [5.74, 6) is -0.859. The van der Waals surface area contributed by atoms with E-state index in [9.17, 15) is 19.7 Å². The van der Waals surface area contributed by atoms with E-state index < -0.39 is 17.1 Å². The number of esters is 1. The van der Waals surface area contributed by atoms with Crippen molar-refractivity contribution in [2.24, 2.45) is 0 Å². The average molecular weight is 307 g/mol. The molecule has 0 bridgehead atoms. The van der Waals surface area contributed by atoms with Gasteiger partial charge in [-0.05, 0) is 6.92 Å². The molecule has 2 N–H and O–H groups in total. The van der Waals surface area contributed by atoms with Gasteiger partial charge in [-0.3, -0.25) is 9.59 Å². The second-order valence-electron chi connectivity index (χ2n) is 3.61. The molecule has 1 unspecified atom stereocenters. The van der Waals surface area contributed by atoms with Crippen LogP contribution in [0.15, 0.2) is 0 Å². The van der Waals surface area contributed by atoms with E-state index in [4.69, 9.17) is 17.0 Å². The summed E-state index contributed by atoms with van der Waals surface area (Å²) in [7, 11) is 0. The zero-order valence-corrected chi connectivity index (χ0v) is 12.0. The summed E-state index contributed by atoms with van der Waals surface area (Å²) in [5.41, 5.74) is 0. The standard InChI is InChI=1S/C10H17N3O6S/c1-3-18-9(15)6-8(12-7(2)14)10(20)11-4-5-19-13(16)17/h8H,3-6H2,1-2H3,(H,11,20)(H,12,14). The van der Waals surface area contributed by atoms with E-state index in [0.717, 1.165) is 0 Å². The Morgan fingerprint density at radius 1 is 1.45 bits per heavy atom. The predicted octanol–water partition coefficient (Wildman–Crippen LogP) is -0.430. The van der Waals surface area contributed by atoms with Crippen LogP contribution in [-0.2, 0) is 19.2 Å². The molecule has 0 aromatic carbocycles. The van der Waals surface area contributed by atoms with Crippen LogP contribution in [0.5, 0.6) is 0 Å². The Morgan fingerprint density at radius 3 is 2.60 bits per heavy atom. The minimum absolute atomic E-state index is 0.0821. The second kappa shape index (κ2) is 9.89. The van der Waals surface area contributed by atoms with Gasteiger partial charge in [-0.1, -0.05) is 12.2 Å². The van der Waals surface area contributed by atoms with Crippen LogP contribution < -0.4 is 10.6 Å². The fourth-order valence-electron chi connectivity index (χ4n) is 1.26. The number of hydrogen-bond acceptors (Lipinski definition) is 7. The van der Waals surface area contributed by atoms with Gasteiger partial charge in [0.25, 0.3) is 5.09 Å². The normalized spacial score (nSPS) is 11.1. The fourth-order valence-corrected chi connectivity index (χ4v) is 1.50. The van der Waals surface area contributed by atoms with Crippen molar-refractivity contribution >= 4 is 29.1 Å². The molecule has 0 aliphatic carbocycles. The van der Waals surface area contributed by atoms with E-state index in [0.29, 0.717) is 0 Å². The van der Waals surface area contributed by atoms with Crippen LogP contribution in [0.2, 0.25) is 0 Å². The van der Waals surface area contributed by atoms with Crippen LogP contribution in [-0.4, -0.2) is 47.8 Å². The lowest BCUT2D eigenvalue weighted by molar-refractivity contribution is -0.757. The van der Waals surface area contributed by atoms with Gasteiger partial charge in [-0.2, -0.15) is 0 Å². The number of thiocarbonyl (C=S) groups is 1. The lowest BCUT2D eigenvalue weighted by Gasteiger charge is -2.19. The predicted molar refractivity (Wildman–Crippen MR) is 72.4 cm³/mol. The van der Waals surface area contributed by atoms with Gasteiger partial charge in [-0.15, -0.1) is 10.1 Å². The first kappa shape index (κ1) is 18.0. The van der Waals surface area contributed by atoms with E-state index in [-0.39, 0.29) is 37.1 Å². The molecule has 0 aromatic heterocycles. The van der Waals surface area contributed by atoms with Crippen LogP contribution >= 0.6 is 12.2 Å². The Bertz CT molecular complexity index is 376. The zero-order valence-electron chi connectivity index (χ0n) is 11.2. The van der Waals surface area contributed by atoms with E-state index in [1.807, 2.05) is 0 Å². The van der Waals surface area contributed by atoms with Crippen molar-refractivity contribution in [2.75, 3.05) is 19.8 Å². The third kappa shape index (κ3) is 9.03. The van der Waals surface area contributed by atoms with Gasteiger partial charge in [0.1, 0.15) is 6.61 Å². The summed E-state index contributed by atoms with van der Waals surface area (Å²) in [6.07, 6.45) is -0.116. The van der Waals surface area contributed by atoms with Gasteiger partial charge < -0.3 is 20.2 Å². The number of rotatable bonds is 9. The monoisotopic (exact) mass is 307 g/mol. The maximum atomic E-state index is 11.4. The number of carbonyl (C=O) groups excluding carboxylic acids is 2. The lowest BCUT2D eigenvalue weighted by Crippen LogP contribution is -2.47. The van der Waals surface area contributed by atoms with Gasteiger partial charge in [0.2, 0.25) is 5.91 Å².